The molecule has 0 heterocycles. The summed E-state index contributed by atoms with van der Waals surface area (Å²) in [5.74, 6) is 0. The molecule has 3 rings (SSSR count). The van der Waals surface area contributed by atoms with Crippen molar-refractivity contribution in [3.63, 3.8) is 0 Å². The van der Waals surface area contributed by atoms with E-state index in [4.69, 9.17) is 0 Å². The van der Waals surface area contributed by atoms with Gasteiger partial charge in [0.2, 0.25) is 0 Å². The third kappa shape index (κ3) is 4.51. The van der Waals surface area contributed by atoms with Gasteiger partial charge in [-0.25, -0.2) is 11.6 Å². The van der Waals surface area contributed by atoms with E-state index in [2.05, 4.69) is 85.8 Å². The third-order valence-electron chi connectivity index (χ3n) is 4.31. The van der Waals surface area contributed by atoms with Crippen LogP contribution in [0.2, 0.25) is 0 Å². The zero-order valence-corrected chi connectivity index (χ0v) is 17.8. The van der Waals surface area contributed by atoms with E-state index in [1.807, 2.05) is 0 Å². The van der Waals surface area contributed by atoms with Gasteiger partial charge in [0.05, 0.1) is 0 Å². The molecule has 0 saturated carbocycles. The molecule has 0 atom stereocenters. The molecule has 1 radical (unpaired) electrons. The predicted molar refractivity (Wildman–Crippen MR) is 89.1 cm³/mol. The molecule has 123 valence electrons. The molecule has 1 aliphatic rings. The van der Waals surface area contributed by atoms with Crippen molar-refractivity contribution in [2.75, 3.05) is 0 Å². The molecule has 0 bridgehead atoms. The predicted octanol–water partition coefficient (Wildman–Crippen LogP) is -0.532. The molecular weight excluding hydrogens is 414 g/mol. The Bertz CT molecular complexity index is 609. The van der Waals surface area contributed by atoms with E-state index in [-0.39, 0.29) is 56.4 Å². The fraction of sp³-hybridized carbons (Fsp3) is 0.238. The number of benzene rings is 2. The first kappa shape index (κ1) is 23.4. The standard InChI is InChI=1S/C21H21.2ClH.Zr/c1-2-17-21(20-15-9-10-16-20,18-11-5-3-6-12-18)19-13-7-4-8-14-19;;;/h3-9,11-15H,2,10,17H2,1H3;2*1H;/q-1;;;+3/p-2. The van der Waals surface area contributed by atoms with E-state index >= 15 is 0 Å². The first-order valence-corrected chi connectivity index (χ1v) is 7.77. The van der Waals surface area contributed by atoms with Crippen LogP contribution in [0.25, 0.3) is 0 Å². The smallest absolute Gasteiger partial charge is 1.00 e. The van der Waals surface area contributed by atoms with Gasteiger partial charge < -0.3 is 24.8 Å². The number of rotatable bonds is 5. The van der Waals surface area contributed by atoms with E-state index in [9.17, 15) is 0 Å². The molecule has 0 saturated heterocycles. The SMILES string of the molecule is CCCC(C1=[C-]CC=C1)(c1ccccc1)c1ccccc1.[Cl-].[Cl-].[Zr+3]. The summed E-state index contributed by atoms with van der Waals surface area (Å²) in [6, 6.07) is 21.8. The molecule has 0 fully saturated rings. The Kier molecular flexibility index (Phi) is 10.8. The molecule has 1 aliphatic carbocycles. The van der Waals surface area contributed by atoms with Crippen LogP contribution in [0, 0.1) is 6.08 Å². The second-order valence-electron chi connectivity index (χ2n) is 5.58. The normalized spacial score (nSPS) is 12.5. The van der Waals surface area contributed by atoms with Gasteiger partial charge >= 0.3 is 26.2 Å². The van der Waals surface area contributed by atoms with Crippen molar-refractivity contribution in [3.8, 4) is 0 Å². The Morgan fingerprint density at radius 2 is 1.38 bits per heavy atom. The summed E-state index contributed by atoms with van der Waals surface area (Å²) >= 11 is 0. The van der Waals surface area contributed by atoms with Gasteiger partial charge in [-0.05, 0) is 17.5 Å². The third-order valence-corrected chi connectivity index (χ3v) is 4.31. The summed E-state index contributed by atoms with van der Waals surface area (Å²) in [6.07, 6.45) is 11.2. The molecule has 24 heavy (non-hydrogen) atoms. The van der Waals surface area contributed by atoms with Crippen molar-refractivity contribution in [2.24, 2.45) is 0 Å². The average molecular weight is 436 g/mol. The van der Waals surface area contributed by atoms with E-state index in [0.717, 1.165) is 19.3 Å². The first-order valence-electron chi connectivity index (χ1n) is 7.77. The fourth-order valence-electron chi connectivity index (χ4n) is 3.42. The summed E-state index contributed by atoms with van der Waals surface area (Å²) in [7, 11) is 0. The van der Waals surface area contributed by atoms with Crippen molar-refractivity contribution < 1.29 is 51.0 Å². The number of halogens is 2. The van der Waals surface area contributed by atoms with Crippen LogP contribution >= 0.6 is 0 Å². The second-order valence-corrected chi connectivity index (χ2v) is 5.58. The van der Waals surface area contributed by atoms with Gasteiger partial charge in [0, 0.05) is 5.41 Å². The van der Waals surface area contributed by atoms with Crippen LogP contribution in [0.5, 0.6) is 0 Å². The number of hydrogen-bond acceptors (Lipinski definition) is 0. The largest absolute Gasteiger partial charge is 3.00 e. The van der Waals surface area contributed by atoms with Gasteiger partial charge in [0.15, 0.2) is 0 Å². The zero-order chi connectivity index (χ0) is 14.5. The van der Waals surface area contributed by atoms with Gasteiger partial charge in [0.25, 0.3) is 0 Å². The van der Waals surface area contributed by atoms with Crippen LogP contribution in [0.3, 0.4) is 0 Å². The van der Waals surface area contributed by atoms with Crippen LogP contribution in [-0.2, 0) is 31.6 Å². The van der Waals surface area contributed by atoms with Crippen LogP contribution in [0.1, 0.15) is 37.3 Å². The van der Waals surface area contributed by atoms with Crippen molar-refractivity contribution in [1.29, 1.82) is 0 Å². The molecule has 2 aromatic carbocycles. The van der Waals surface area contributed by atoms with Crippen molar-refractivity contribution >= 4 is 0 Å². The maximum absolute atomic E-state index is 3.58. The fourth-order valence-corrected chi connectivity index (χ4v) is 3.42. The van der Waals surface area contributed by atoms with E-state index < -0.39 is 0 Å². The summed E-state index contributed by atoms with van der Waals surface area (Å²) in [4.78, 5) is 0. The average Bonchev–Trinajstić information content (AvgIpc) is 3.09. The molecule has 3 heteroatoms. The molecule has 0 aromatic heterocycles. The van der Waals surface area contributed by atoms with Crippen molar-refractivity contribution in [3.05, 3.63) is 95.6 Å². The molecule has 0 unspecified atom stereocenters. The van der Waals surface area contributed by atoms with Gasteiger partial charge in [-0.15, -0.1) is 6.42 Å². The van der Waals surface area contributed by atoms with Gasteiger partial charge in [-0.3, -0.25) is 6.08 Å². The summed E-state index contributed by atoms with van der Waals surface area (Å²) in [5, 5.41) is 0. The summed E-state index contributed by atoms with van der Waals surface area (Å²) in [5.41, 5.74) is 3.99. The molecule has 0 N–H and O–H groups in total. The Morgan fingerprint density at radius 3 is 1.75 bits per heavy atom. The van der Waals surface area contributed by atoms with E-state index in [1.165, 1.54) is 16.7 Å². The van der Waals surface area contributed by atoms with Crippen LogP contribution < -0.4 is 24.8 Å². The topological polar surface area (TPSA) is 0 Å². The Hall–Kier alpha value is -0.617. The maximum atomic E-state index is 3.58. The molecule has 0 aliphatic heterocycles. The minimum absolute atomic E-state index is 0. The van der Waals surface area contributed by atoms with E-state index in [1.54, 1.807) is 0 Å². The number of hydrogen-bond donors (Lipinski definition) is 0. The molecule has 0 spiro atoms. The Labute approximate surface area is 177 Å². The number of allylic oxidation sites excluding steroid dienone is 4. The van der Waals surface area contributed by atoms with Gasteiger partial charge in [0.1, 0.15) is 0 Å². The monoisotopic (exact) mass is 433 g/mol. The zero-order valence-electron chi connectivity index (χ0n) is 13.8. The van der Waals surface area contributed by atoms with E-state index in [0.29, 0.717) is 0 Å². The molecule has 0 nitrogen and oxygen atoms in total. The molecule has 2 aromatic rings. The van der Waals surface area contributed by atoms with Crippen LogP contribution in [-0.4, -0.2) is 0 Å². The van der Waals surface area contributed by atoms with Crippen molar-refractivity contribution in [1.82, 2.24) is 0 Å². The van der Waals surface area contributed by atoms with Crippen molar-refractivity contribution in [2.45, 2.75) is 31.6 Å². The van der Waals surface area contributed by atoms with Gasteiger partial charge in [-0.2, -0.15) is 6.08 Å². The molecule has 0 amide bonds. The maximum Gasteiger partial charge on any atom is 3.00 e. The first-order chi connectivity index (χ1) is 10.4. The summed E-state index contributed by atoms with van der Waals surface area (Å²) in [6.45, 7) is 2.26. The molecular formula is C21H21Cl2Zr. The Morgan fingerprint density at radius 1 is 0.875 bits per heavy atom. The second kappa shape index (κ2) is 11.1. The summed E-state index contributed by atoms with van der Waals surface area (Å²) < 4.78 is 0. The quantitative estimate of drug-likeness (QED) is 0.554. The minimum atomic E-state index is -0.0652. The van der Waals surface area contributed by atoms with Gasteiger partial charge in [-0.1, -0.05) is 74.0 Å². The van der Waals surface area contributed by atoms with Crippen LogP contribution in [0.4, 0.5) is 0 Å². The minimum Gasteiger partial charge on any atom is -1.00 e. The van der Waals surface area contributed by atoms with Crippen LogP contribution in [0.15, 0.2) is 78.4 Å². The Balaban J connectivity index is 0.00000176.